The summed E-state index contributed by atoms with van der Waals surface area (Å²) < 4.78 is 5.79. The zero-order valence-electron chi connectivity index (χ0n) is 20.7. The lowest BCUT2D eigenvalue weighted by atomic mass is 10.1. The van der Waals surface area contributed by atoms with Crippen LogP contribution in [0.1, 0.15) is 30.4 Å². The number of likely N-dealkylation sites (tertiary alicyclic amines) is 1. The summed E-state index contributed by atoms with van der Waals surface area (Å²) in [6.45, 7) is 0.784. The van der Waals surface area contributed by atoms with Crippen LogP contribution in [0.3, 0.4) is 0 Å². The fraction of sp³-hybridized carbons (Fsp3) is 0.276. The molecule has 0 bridgehead atoms. The van der Waals surface area contributed by atoms with Crippen molar-refractivity contribution in [3.05, 3.63) is 90.0 Å². The summed E-state index contributed by atoms with van der Waals surface area (Å²) in [6.07, 6.45) is 2.26. The number of hydrogen-bond donors (Lipinski definition) is 3. The van der Waals surface area contributed by atoms with E-state index < -0.39 is 6.04 Å². The number of nitrogens with two attached hydrogens (primary N) is 1. The van der Waals surface area contributed by atoms with E-state index in [1.165, 1.54) is 4.90 Å². The number of para-hydroxylation sites is 1. The Labute approximate surface area is 216 Å². The molecule has 1 heterocycles. The second-order valence-corrected chi connectivity index (χ2v) is 9.06. The number of hydrogen-bond acceptors (Lipinski definition) is 5. The maximum Gasteiger partial charge on any atom is 0.245 e. The van der Waals surface area contributed by atoms with Gasteiger partial charge in [-0.2, -0.15) is 0 Å². The fourth-order valence-corrected chi connectivity index (χ4v) is 4.28. The molecule has 4 N–H and O–H groups in total. The Bertz CT molecular complexity index is 1210. The zero-order chi connectivity index (χ0) is 26.0. The first-order chi connectivity index (χ1) is 18.0. The molecule has 37 heavy (non-hydrogen) atoms. The number of carbonyl (C=O) groups excluding carboxylic acids is 3. The molecule has 3 aromatic rings. The molecule has 0 aromatic heterocycles. The maximum absolute atomic E-state index is 13.1. The highest BCUT2D eigenvalue weighted by molar-refractivity contribution is 5.96. The molecule has 8 nitrogen and oxygen atoms in total. The standard InChI is InChI=1S/C29H32N4O4/c30-19-22-7-6-8-23(17-22)31-28(35)20-33-16-5-4-11-26(29(33)36)32-27(34)18-21-12-14-25(15-13-21)37-24-9-2-1-3-10-24/h1-3,6-10,12-15,17,26H,4-5,11,16,18-20,30H2,(H,31,35)(H,32,34). The summed E-state index contributed by atoms with van der Waals surface area (Å²) in [5.74, 6) is 0.663. The number of nitrogens with zero attached hydrogens (tertiary/aromatic N) is 1. The SMILES string of the molecule is NCc1cccc(NC(=O)CN2CCCCC(NC(=O)Cc3ccc(Oc4ccccc4)cc3)C2=O)c1. The molecule has 3 amide bonds. The van der Waals surface area contributed by atoms with Crippen molar-refractivity contribution < 1.29 is 19.1 Å². The molecule has 1 aliphatic heterocycles. The Morgan fingerprint density at radius 1 is 0.892 bits per heavy atom. The third-order valence-electron chi connectivity index (χ3n) is 6.16. The first-order valence-electron chi connectivity index (χ1n) is 12.5. The van der Waals surface area contributed by atoms with Crippen LogP contribution in [-0.2, 0) is 27.3 Å². The molecule has 0 radical (unpaired) electrons. The molecule has 3 aromatic carbocycles. The first-order valence-corrected chi connectivity index (χ1v) is 12.5. The Kier molecular flexibility index (Phi) is 8.89. The summed E-state index contributed by atoms with van der Waals surface area (Å²) >= 11 is 0. The normalized spacial score (nSPS) is 15.5. The van der Waals surface area contributed by atoms with E-state index in [2.05, 4.69) is 10.6 Å². The lowest BCUT2D eigenvalue weighted by molar-refractivity contribution is -0.138. The van der Waals surface area contributed by atoms with E-state index in [4.69, 9.17) is 10.5 Å². The van der Waals surface area contributed by atoms with Crippen LogP contribution in [0.4, 0.5) is 5.69 Å². The van der Waals surface area contributed by atoms with Crippen molar-refractivity contribution in [2.75, 3.05) is 18.4 Å². The Hall–Kier alpha value is -4.17. The van der Waals surface area contributed by atoms with Gasteiger partial charge in [0.15, 0.2) is 0 Å². The van der Waals surface area contributed by atoms with E-state index in [9.17, 15) is 14.4 Å². The summed E-state index contributed by atoms with van der Waals surface area (Å²) in [5.41, 5.74) is 8.03. The van der Waals surface area contributed by atoms with E-state index in [0.717, 1.165) is 29.7 Å². The topological polar surface area (TPSA) is 114 Å². The van der Waals surface area contributed by atoms with Gasteiger partial charge in [0.05, 0.1) is 13.0 Å². The van der Waals surface area contributed by atoms with Crippen LogP contribution < -0.4 is 21.1 Å². The highest BCUT2D eigenvalue weighted by atomic mass is 16.5. The van der Waals surface area contributed by atoms with Gasteiger partial charge in [-0.15, -0.1) is 0 Å². The molecule has 4 rings (SSSR count). The lowest BCUT2D eigenvalue weighted by Crippen LogP contribution is -2.49. The summed E-state index contributed by atoms with van der Waals surface area (Å²) in [6, 6.07) is 23.4. The van der Waals surface area contributed by atoms with E-state index in [1.807, 2.05) is 72.8 Å². The molecule has 0 spiro atoms. The van der Waals surface area contributed by atoms with Crippen LogP contribution in [0.15, 0.2) is 78.9 Å². The van der Waals surface area contributed by atoms with E-state index in [0.29, 0.717) is 30.9 Å². The van der Waals surface area contributed by atoms with Crippen molar-refractivity contribution >= 4 is 23.4 Å². The second kappa shape index (κ2) is 12.7. The average molecular weight is 501 g/mol. The summed E-state index contributed by atoms with van der Waals surface area (Å²) in [5, 5.41) is 5.70. The van der Waals surface area contributed by atoms with Gasteiger partial charge in [-0.05, 0) is 66.8 Å². The predicted molar refractivity (Wildman–Crippen MR) is 142 cm³/mol. The average Bonchev–Trinajstić information content (AvgIpc) is 3.07. The van der Waals surface area contributed by atoms with Crippen molar-refractivity contribution in [1.82, 2.24) is 10.2 Å². The molecular formula is C29H32N4O4. The van der Waals surface area contributed by atoms with Gasteiger partial charge < -0.3 is 26.0 Å². The Morgan fingerprint density at radius 2 is 1.65 bits per heavy atom. The van der Waals surface area contributed by atoms with Gasteiger partial charge in [0.1, 0.15) is 17.5 Å². The molecule has 8 heteroatoms. The molecule has 1 atom stereocenters. The number of anilines is 1. The second-order valence-electron chi connectivity index (χ2n) is 9.06. The number of benzene rings is 3. The Balaban J connectivity index is 1.30. The number of amides is 3. The molecule has 0 saturated carbocycles. The number of nitrogens with one attached hydrogen (secondary N) is 2. The lowest BCUT2D eigenvalue weighted by Gasteiger charge is -2.24. The van der Waals surface area contributed by atoms with Gasteiger partial charge in [0.25, 0.3) is 0 Å². The molecular weight excluding hydrogens is 468 g/mol. The van der Waals surface area contributed by atoms with Crippen LogP contribution in [0.2, 0.25) is 0 Å². The van der Waals surface area contributed by atoms with E-state index in [1.54, 1.807) is 6.07 Å². The van der Waals surface area contributed by atoms with E-state index >= 15 is 0 Å². The minimum atomic E-state index is -0.649. The zero-order valence-corrected chi connectivity index (χ0v) is 20.7. The Morgan fingerprint density at radius 3 is 2.41 bits per heavy atom. The number of carbonyl (C=O) groups is 3. The summed E-state index contributed by atoms with van der Waals surface area (Å²) in [4.78, 5) is 40.0. The van der Waals surface area contributed by atoms with Crippen molar-refractivity contribution in [3.63, 3.8) is 0 Å². The smallest absolute Gasteiger partial charge is 0.245 e. The van der Waals surface area contributed by atoms with Gasteiger partial charge in [-0.25, -0.2) is 0 Å². The minimum Gasteiger partial charge on any atom is -0.457 e. The molecule has 0 aliphatic carbocycles. The van der Waals surface area contributed by atoms with Gasteiger partial charge >= 0.3 is 0 Å². The van der Waals surface area contributed by atoms with Crippen LogP contribution in [0.25, 0.3) is 0 Å². The minimum absolute atomic E-state index is 0.0685. The van der Waals surface area contributed by atoms with Gasteiger partial charge in [-0.1, -0.05) is 42.5 Å². The van der Waals surface area contributed by atoms with Gasteiger partial charge in [-0.3, -0.25) is 14.4 Å². The van der Waals surface area contributed by atoms with Crippen molar-refractivity contribution in [2.24, 2.45) is 5.73 Å². The highest BCUT2D eigenvalue weighted by Crippen LogP contribution is 2.21. The number of rotatable bonds is 9. The molecule has 1 aliphatic rings. The van der Waals surface area contributed by atoms with Crippen LogP contribution in [-0.4, -0.2) is 41.8 Å². The fourth-order valence-electron chi connectivity index (χ4n) is 4.28. The maximum atomic E-state index is 13.1. The monoisotopic (exact) mass is 500 g/mol. The highest BCUT2D eigenvalue weighted by Gasteiger charge is 2.29. The largest absolute Gasteiger partial charge is 0.457 e. The van der Waals surface area contributed by atoms with Crippen molar-refractivity contribution in [2.45, 2.75) is 38.3 Å². The van der Waals surface area contributed by atoms with Gasteiger partial charge in [0, 0.05) is 18.8 Å². The summed E-state index contributed by atoms with van der Waals surface area (Å²) in [7, 11) is 0. The van der Waals surface area contributed by atoms with Crippen molar-refractivity contribution in [3.8, 4) is 11.5 Å². The van der Waals surface area contributed by atoms with Gasteiger partial charge in [0.2, 0.25) is 17.7 Å². The predicted octanol–water partition coefficient (Wildman–Crippen LogP) is 3.62. The van der Waals surface area contributed by atoms with Crippen LogP contribution in [0.5, 0.6) is 11.5 Å². The van der Waals surface area contributed by atoms with Crippen LogP contribution >= 0.6 is 0 Å². The molecule has 1 fully saturated rings. The first kappa shape index (κ1) is 25.9. The van der Waals surface area contributed by atoms with Crippen molar-refractivity contribution in [1.29, 1.82) is 0 Å². The quantitative estimate of drug-likeness (QED) is 0.415. The number of ether oxygens (including phenoxy) is 1. The molecule has 192 valence electrons. The molecule has 1 saturated heterocycles. The van der Waals surface area contributed by atoms with Crippen LogP contribution in [0, 0.1) is 0 Å². The third kappa shape index (κ3) is 7.65. The molecule has 1 unspecified atom stereocenters. The third-order valence-corrected chi connectivity index (χ3v) is 6.16. The van der Waals surface area contributed by atoms with E-state index in [-0.39, 0.29) is 30.7 Å².